The molecule has 0 aliphatic carbocycles. The van der Waals surface area contributed by atoms with Crippen LogP contribution in [0.1, 0.15) is 118 Å². The summed E-state index contributed by atoms with van der Waals surface area (Å²) in [5.74, 6) is 1.65. The molecule has 0 aliphatic heterocycles. The Morgan fingerprint density at radius 3 is 1.52 bits per heavy atom. The summed E-state index contributed by atoms with van der Waals surface area (Å²) in [4.78, 5) is 17.8. The van der Waals surface area contributed by atoms with Gasteiger partial charge in [0.2, 0.25) is 0 Å². The van der Waals surface area contributed by atoms with Crippen molar-refractivity contribution >= 4 is 8.60 Å². The maximum atomic E-state index is 8.91. The minimum Gasteiger partial charge on any atom is -0.328 e. The Kier molecular flexibility index (Phi) is 19.4. The monoisotopic (exact) mass is 402 g/mol. The van der Waals surface area contributed by atoms with Crippen molar-refractivity contribution in [2.24, 2.45) is 11.8 Å². The summed E-state index contributed by atoms with van der Waals surface area (Å²) in [5.41, 5.74) is 1.44. The van der Waals surface area contributed by atoms with Crippen LogP contribution in [0.15, 0.2) is 11.6 Å². The molecule has 0 aliphatic rings. The van der Waals surface area contributed by atoms with Gasteiger partial charge in [0.25, 0.3) is 0 Å². The van der Waals surface area contributed by atoms with Gasteiger partial charge in [-0.3, -0.25) is 0 Å². The van der Waals surface area contributed by atoms with E-state index in [1.54, 1.807) is 0 Å². The number of hydrogen-bond acceptors (Lipinski definition) is 3. The molecule has 0 aromatic rings. The molecule has 4 heteroatoms. The molecule has 0 spiro atoms. The zero-order valence-corrected chi connectivity index (χ0v) is 19.5. The van der Waals surface area contributed by atoms with E-state index in [4.69, 9.17) is 14.3 Å². The summed E-state index contributed by atoms with van der Waals surface area (Å²) in [6.07, 6.45) is 20.3. The predicted octanol–water partition coefficient (Wildman–Crippen LogP) is 7.91. The van der Waals surface area contributed by atoms with Gasteiger partial charge in [-0.05, 0) is 37.5 Å². The molecule has 0 saturated heterocycles. The second kappa shape index (κ2) is 19.4. The molecule has 0 heterocycles. The van der Waals surface area contributed by atoms with E-state index in [9.17, 15) is 0 Å². The van der Waals surface area contributed by atoms with Crippen LogP contribution >= 0.6 is 8.60 Å². The van der Waals surface area contributed by atoms with Gasteiger partial charge < -0.3 is 14.3 Å². The lowest BCUT2D eigenvalue weighted by Gasteiger charge is -2.10. The summed E-state index contributed by atoms with van der Waals surface area (Å²) < 4.78 is 4.94. The first-order valence-corrected chi connectivity index (χ1v) is 12.6. The largest absolute Gasteiger partial charge is 0.328 e. The first-order chi connectivity index (χ1) is 12.9. The van der Waals surface area contributed by atoms with Gasteiger partial charge in [0, 0.05) is 0 Å². The standard InChI is InChI=1S/C23H47O3P/c1-21(2)15-11-7-5-9-13-17-23(19-20-26-27(24)25)18-14-10-6-8-12-16-22(3)4/h19,21-22,24-25H,5-18,20H2,1-4H3. The molecule has 0 unspecified atom stereocenters. The summed E-state index contributed by atoms with van der Waals surface area (Å²) in [5, 5.41) is 0. The van der Waals surface area contributed by atoms with E-state index in [0.717, 1.165) is 24.7 Å². The minimum absolute atomic E-state index is 0.330. The predicted molar refractivity (Wildman–Crippen MR) is 120 cm³/mol. The van der Waals surface area contributed by atoms with E-state index in [2.05, 4.69) is 33.8 Å². The molecule has 0 amide bonds. The third-order valence-electron chi connectivity index (χ3n) is 5.12. The Hall–Kier alpha value is 0.0500. The van der Waals surface area contributed by atoms with Crippen LogP contribution in [0.3, 0.4) is 0 Å². The van der Waals surface area contributed by atoms with Crippen LogP contribution in [0.4, 0.5) is 0 Å². The highest BCUT2D eigenvalue weighted by molar-refractivity contribution is 7.39. The van der Waals surface area contributed by atoms with Crippen molar-refractivity contribution in [2.45, 2.75) is 118 Å². The molecular formula is C23H47O3P. The molecular weight excluding hydrogens is 355 g/mol. The molecule has 0 radical (unpaired) electrons. The van der Waals surface area contributed by atoms with Crippen LogP contribution < -0.4 is 0 Å². The van der Waals surface area contributed by atoms with E-state index < -0.39 is 8.60 Å². The van der Waals surface area contributed by atoms with Gasteiger partial charge in [-0.2, -0.15) is 0 Å². The van der Waals surface area contributed by atoms with Crippen molar-refractivity contribution in [1.29, 1.82) is 0 Å². The van der Waals surface area contributed by atoms with E-state index in [1.807, 2.05) is 0 Å². The average molecular weight is 403 g/mol. The van der Waals surface area contributed by atoms with Gasteiger partial charge in [0.05, 0.1) is 6.61 Å². The molecule has 0 bridgehead atoms. The maximum Gasteiger partial charge on any atom is 0.327 e. The van der Waals surface area contributed by atoms with Crippen molar-refractivity contribution in [3.05, 3.63) is 11.6 Å². The third-order valence-corrected chi connectivity index (χ3v) is 5.50. The Morgan fingerprint density at radius 1 is 0.704 bits per heavy atom. The van der Waals surface area contributed by atoms with Crippen LogP contribution in [0.25, 0.3) is 0 Å². The molecule has 2 N–H and O–H groups in total. The lowest BCUT2D eigenvalue weighted by atomic mass is 9.98. The van der Waals surface area contributed by atoms with Gasteiger partial charge in [-0.15, -0.1) is 0 Å². The Morgan fingerprint density at radius 2 is 1.11 bits per heavy atom. The highest BCUT2D eigenvalue weighted by Crippen LogP contribution is 2.25. The fourth-order valence-corrected chi connectivity index (χ4v) is 3.63. The van der Waals surface area contributed by atoms with Crippen molar-refractivity contribution in [3.63, 3.8) is 0 Å². The SMILES string of the molecule is CC(C)CCCCCCCC(=CCOP(O)O)CCCCCCCC(C)C. The lowest BCUT2D eigenvalue weighted by Crippen LogP contribution is -1.92. The molecule has 3 nitrogen and oxygen atoms in total. The van der Waals surface area contributed by atoms with Crippen LogP contribution in [0, 0.1) is 11.8 Å². The molecule has 0 saturated carbocycles. The number of hydrogen-bond donors (Lipinski definition) is 2. The second-order valence-corrected chi connectivity index (χ2v) is 9.58. The fraction of sp³-hybridized carbons (Fsp3) is 0.913. The summed E-state index contributed by atoms with van der Waals surface area (Å²) in [7, 11) is -2.23. The van der Waals surface area contributed by atoms with E-state index in [-0.39, 0.29) is 0 Å². The normalized spacial score (nSPS) is 11.7. The van der Waals surface area contributed by atoms with Crippen molar-refractivity contribution in [1.82, 2.24) is 0 Å². The van der Waals surface area contributed by atoms with Crippen LogP contribution in [0.2, 0.25) is 0 Å². The van der Waals surface area contributed by atoms with Crippen LogP contribution in [-0.2, 0) is 4.52 Å². The van der Waals surface area contributed by atoms with Crippen molar-refractivity contribution < 1.29 is 14.3 Å². The zero-order valence-electron chi connectivity index (χ0n) is 18.6. The first-order valence-electron chi connectivity index (χ1n) is 11.4. The molecule has 27 heavy (non-hydrogen) atoms. The quantitative estimate of drug-likeness (QED) is 0.131. The molecule has 0 fully saturated rings. The van der Waals surface area contributed by atoms with Crippen molar-refractivity contribution in [2.75, 3.05) is 6.61 Å². The van der Waals surface area contributed by atoms with Crippen LogP contribution in [-0.4, -0.2) is 16.4 Å². The minimum atomic E-state index is -2.23. The Labute approximate surface area is 171 Å². The number of unbranched alkanes of at least 4 members (excludes halogenated alkanes) is 8. The fourth-order valence-electron chi connectivity index (χ4n) is 3.42. The smallest absolute Gasteiger partial charge is 0.327 e. The average Bonchev–Trinajstić information content (AvgIpc) is 2.58. The highest BCUT2D eigenvalue weighted by atomic mass is 31.2. The summed E-state index contributed by atoms with van der Waals surface area (Å²) >= 11 is 0. The van der Waals surface area contributed by atoms with Gasteiger partial charge in [0.1, 0.15) is 0 Å². The highest BCUT2D eigenvalue weighted by Gasteiger charge is 2.02. The zero-order chi connectivity index (χ0) is 20.3. The van der Waals surface area contributed by atoms with E-state index in [0.29, 0.717) is 6.61 Å². The number of rotatable bonds is 19. The van der Waals surface area contributed by atoms with E-state index >= 15 is 0 Å². The maximum absolute atomic E-state index is 8.91. The Bertz CT molecular complexity index is 317. The van der Waals surface area contributed by atoms with Gasteiger partial charge in [-0.1, -0.05) is 104 Å². The Balaban J connectivity index is 3.90. The van der Waals surface area contributed by atoms with Gasteiger partial charge in [0.15, 0.2) is 0 Å². The molecule has 0 rings (SSSR count). The molecule has 0 atom stereocenters. The molecule has 0 aromatic carbocycles. The molecule has 162 valence electrons. The number of allylic oxidation sites excluding steroid dienone is 1. The first kappa shape index (κ1) is 27.0. The summed E-state index contributed by atoms with van der Waals surface area (Å²) in [6.45, 7) is 9.53. The summed E-state index contributed by atoms with van der Waals surface area (Å²) in [6, 6.07) is 0. The van der Waals surface area contributed by atoms with Crippen LogP contribution in [0.5, 0.6) is 0 Å². The lowest BCUT2D eigenvalue weighted by molar-refractivity contribution is 0.281. The van der Waals surface area contributed by atoms with Crippen molar-refractivity contribution in [3.8, 4) is 0 Å². The van der Waals surface area contributed by atoms with Gasteiger partial charge >= 0.3 is 8.60 Å². The van der Waals surface area contributed by atoms with Gasteiger partial charge in [-0.25, -0.2) is 0 Å². The molecule has 0 aromatic heterocycles. The third kappa shape index (κ3) is 22.2. The second-order valence-electron chi connectivity index (χ2n) is 8.81. The van der Waals surface area contributed by atoms with E-state index in [1.165, 1.54) is 82.6 Å². The topological polar surface area (TPSA) is 49.7 Å².